The van der Waals surface area contributed by atoms with Gasteiger partial charge in [-0.15, -0.1) is 0 Å². The van der Waals surface area contributed by atoms with Crippen LogP contribution < -0.4 is 0 Å². The smallest absolute Gasteiger partial charge is 0.195 e. The lowest BCUT2D eigenvalue weighted by Gasteiger charge is -2.32. The number of carbonyl (C=O) groups excluding carboxylic acids is 1. The number of carbonyl (C=O) groups is 1. The van der Waals surface area contributed by atoms with Gasteiger partial charge in [0, 0.05) is 12.8 Å². The third-order valence-electron chi connectivity index (χ3n) is 3.37. The molecule has 4 heteroatoms. The Balaban J connectivity index is 1.91. The van der Waals surface area contributed by atoms with E-state index in [4.69, 9.17) is 4.74 Å². The van der Waals surface area contributed by atoms with Gasteiger partial charge in [-0.1, -0.05) is 0 Å². The molecule has 3 aliphatic rings. The van der Waals surface area contributed by atoms with Crippen molar-refractivity contribution in [2.24, 2.45) is 0 Å². The summed E-state index contributed by atoms with van der Waals surface area (Å²) in [5, 5.41) is 18.8. The first-order valence-electron chi connectivity index (χ1n) is 4.69. The quantitative estimate of drug-likeness (QED) is 0.526. The summed E-state index contributed by atoms with van der Waals surface area (Å²) >= 11 is 0. The van der Waals surface area contributed by atoms with Crippen LogP contribution in [0.5, 0.6) is 0 Å². The molecule has 72 valence electrons. The Morgan fingerprint density at radius 3 is 2.38 bits per heavy atom. The molecule has 0 aromatic carbocycles. The number of ketones is 1. The molecule has 3 atom stereocenters. The molecule has 0 aromatic heterocycles. The van der Waals surface area contributed by atoms with Gasteiger partial charge in [0.1, 0.15) is 6.10 Å². The molecule has 13 heavy (non-hydrogen) atoms. The van der Waals surface area contributed by atoms with Gasteiger partial charge in [0.25, 0.3) is 0 Å². The van der Waals surface area contributed by atoms with E-state index in [0.29, 0.717) is 12.8 Å². The lowest BCUT2D eigenvalue weighted by atomic mass is 9.96. The minimum absolute atomic E-state index is 0.273. The molecule has 0 aromatic rings. The Kier molecular flexibility index (Phi) is 1.20. The van der Waals surface area contributed by atoms with Crippen LogP contribution in [0.2, 0.25) is 0 Å². The largest absolute Gasteiger partial charge is 0.389 e. The first-order chi connectivity index (χ1) is 6.08. The van der Waals surface area contributed by atoms with E-state index in [-0.39, 0.29) is 11.4 Å². The van der Waals surface area contributed by atoms with E-state index in [1.807, 2.05) is 0 Å². The Morgan fingerprint density at radius 1 is 1.31 bits per heavy atom. The zero-order chi connectivity index (χ0) is 9.27. The predicted molar refractivity (Wildman–Crippen MR) is 42.0 cm³/mol. The van der Waals surface area contributed by atoms with E-state index in [1.165, 1.54) is 0 Å². The summed E-state index contributed by atoms with van der Waals surface area (Å²) in [4.78, 5) is 11.5. The summed E-state index contributed by atoms with van der Waals surface area (Å²) < 4.78 is 5.62. The highest BCUT2D eigenvalue weighted by molar-refractivity contribution is 5.95. The lowest BCUT2D eigenvalue weighted by Crippen LogP contribution is -2.49. The molecule has 2 unspecified atom stereocenters. The molecule has 2 saturated carbocycles. The highest BCUT2D eigenvalue weighted by atomic mass is 16.6. The summed E-state index contributed by atoms with van der Waals surface area (Å²) in [6.07, 6.45) is 0.989. The maximum absolute atomic E-state index is 11.5. The second-order valence-corrected chi connectivity index (χ2v) is 4.48. The van der Waals surface area contributed by atoms with Crippen molar-refractivity contribution in [2.45, 2.75) is 49.1 Å². The molecule has 2 spiro atoms. The average molecular weight is 184 g/mol. The second kappa shape index (κ2) is 1.97. The van der Waals surface area contributed by atoms with Gasteiger partial charge >= 0.3 is 0 Å². The molecule has 3 fully saturated rings. The standard InChI is InChI=1S/C9H12O4/c10-5-3-8(1-2-8)13-9(7(5)12)4-6(9)11/h5-6,10-11H,1-4H2/t5?,6?,9-/m0/s1. The number of aliphatic hydroxyl groups excluding tert-OH is 2. The SMILES string of the molecule is O=C1C(O)CC2(CC2)O[C@]12CC2O. The fourth-order valence-corrected chi connectivity index (χ4v) is 2.25. The molecule has 0 radical (unpaired) electrons. The molecule has 1 heterocycles. The van der Waals surface area contributed by atoms with Crippen molar-refractivity contribution in [3.8, 4) is 0 Å². The maximum atomic E-state index is 11.5. The van der Waals surface area contributed by atoms with Gasteiger partial charge in [-0.2, -0.15) is 0 Å². The van der Waals surface area contributed by atoms with Crippen LogP contribution in [0.15, 0.2) is 0 Å². The van der Waals surface area contributed by atoms with Crippen LogP contribution in [0.25, 0.3) is 0 Å². The molecule has 2 aliphatic carbocycles. The zero-order valence-electron chi connectivity index (χ0n) is 7.19. The van der Waals surface area contributed by atoms with E-state index in [9.17, 15) is 15.0 Å². The van der Waals surface area contributed by atoms with Crippen LogP contribution in [-0.4, -0.2) is 39.4 Å². The number of ether oxygens (including phenoxy) is 1. The van der Waals surface area contributed by atoms with Gasteiger partial charge in [-0.25, -0.2) is 0 Å². The Labute approximate surface area is 75.5 Å². The monoisotopic (exact) mass is 184 g/mol. The van der Waals surface area contributed by atoms with Crippen molar-refractivity contribution >= 4 is 5.78 Å². The molecular weight excluding hydrogens is 172 g/mol. The van der Waals surface area contributed by atoms with Crippen molar-refractivity contribution in [1.82, 2.24) is 0 Å². The van der Waals surface area contributed by atoms with Crippen molar-refractivity contribution < 1.29 is 19.7 Å². The fraction of sp³-hybridized carbons (Fsp3) is 0.889. The predicted octanol–water partition coefficient (Wildman–Crippen LogP) is -0.627. The molecule has 1 aliphatic heterocycles. The van der Waals surface area contributed by atoms with Gasteiger partial charge < -0.3 is 14.9 Å². The molecule has 0 bridgehead atoms. The first kappa shape index (κ1) is 7.91. The Bertz CT molecular complexity index is 283. The van der Waals surface area contributed by atoms with Crippen LogP contribution in [0, 0.1) is 0 Å². The highest BCUT2D eigenvalue weighted by Crippen LogP contribution is 2.57. The maximum Gasteiger partial charge on any atom is 0.195 e. The third kappa shape index (κ3) is 0.882. The summed E-state index contributed by atoms with van der Waals surface area (Å²) in [6, 6.07) is 0. The van der Waals surface area contributed by atoms with Gasteiger partial charge in [0.2, 0.25) is 0 Å². The molecule has 0 amide bonds. The number of hydrogen-bond acceptors (Lipinski definition) is 4. The van der Waals surface area contributed by atoms with Crippen LogP contribution in [0.1, 0.15) is 25.7 Å². The minimum Gasteiger partial charge on any atom is -0.389 e. The second-order valence-electron chi connectivity index (χ2n) is 4.48. The molecule has 1 saturated heterocycles. The van der Waals surface area contributed by atoms with Crippen LogP contribution in [-0.2, 0) is 9.53 Å². The van der Waals surface area contributed by atoms with Crippen molar-refractivity contribution in [3.63, 3.8) is 0 Å². The van der Waals surface area contributed by atoms with Crippen molar-refractivity contribution in [2.75, 3.05) is 0 Å². The first-order valence-corrected chi connectivity index (χ1v) is 4.69. The van der Waals surface area contributed by atoms with Crippen LogP contribution in [0.4, 0.5) is 0 Å². The Hall–Kier alpha value is -0.450. The summed E-state index contributed by atoms with van der Waals surface area (Å²) in [5.41, 5.74) is -1.29. The molecule has 2 N–H and O–H groups in total. The topological polar surface area (TPSA) is 66.8 Å². The third-order valence-corrected chi connectivity index (χ3v) is 3.37. The molecule has 3 rings (SSSR count). The van der Waals surface area contributed by atoms with Gasteiger partial charge in [0.05, 0.1) is 11.7 Å². The molecular formula is C9H12O4. The van der Waals surface area contributed by atoms with E-state index in [2.05, 4.69) is 0 Å². The summed E-state index contributed by atoms with van der Waals surface area (Å²) in [5.74, 6) is -0.322. The van der Waals surface area contributed by atoms with Gasteiger partial charge in [-0.05, 0) is 12.8 Å². The number of Topliss-reactive ketones (excluding diaryl/α,β-unsaturated/α-hetero) is 1. The highest BCUT2D eigenvalue weighted by Gasteiger charge is 2.70. The number of hydrogen-bond donors (Lipinski definition) is 2. The van der Waals surface area contributed by atoms with E-state index in [0.717, 1.165) is 12.8 Å². The van der Waals surface area contributed by atoms with Crippen LogP contribution >= 0.6 is 0 Å². The van der Waals surface area contributed by atoms with E-state index in [1.54, 1.807) is 0 Å². The normalized spacial score (nSPS) is 51.4. The lowest BCUT2D eigenvalue weighted by molar-refractivity contribution is -0.171. The number of rotatable bonds is 0. The summed E-state index contributed by atoms with van der Waals surface area (Å²) in [6.45, 7) is 0. The van der Waals surface area contributed by atoms with Crippen molar-refractivity contribution in [3.05, 3.63) is 0 Å². The average Bonchev–Trinajstić information content (AvgIpc) is 2.92. The minimum atomic E-state index is -1.02. The summed E-state index contributed by atoms with van der Waals surface area (Å²) in [7, 11) is 0. The Morgan fingerprint density at radius 2 is 1.92 bits per heavy atom. The fourth-order valence-electron chi connectivity index (χ4n) is 2.25. The molecule has 4 nitrogen and oxygen atoms in total. The zero-order valence-corrected chi connectivity index (χ0v) is 7.19. The van der Waals surface area contributed by atoms with Gasteiger partial charge in [-0.3, -0.25) is 4.79 Å². The van der Waals surface area contributed by atoms with E-state index < -0.39 is 17.8 Å². The number of aliphatic hydroxyl groups is 2. The van der Waals surface area contributed by atoms with Crippen LogP contribution in [0.3, 0.4) is 0 Å². The van der Waals surface area contributed by atoms with Crippen molar-refractivity contribution in [1.29, 1.82) is 0 Å². The van der Waals surface area contributed by atoms with E-state index >= 15 is 0 Å². The van der Waals surface area contributed by atoms with Gasteiger partial charge in [0.15, 0.2) is 11.4 Å².